The van der Waals surface area contributed by atoms with Gasteiger partial charge in [-0.05, 0) is 12.1 Å². The van der Waals surface area contributed by atoms with Gasteiger partial charge in [0.15, 0.2) is 5.69 Å². The lowest BCUT2D eigenvalue weighted by Crippen LogP contribution is -2.38. The number of benzene rings is 1. The first-order valence-corrected chi connectivity index (χ1v) is 7.34. The second-order valence-electron chi connectivity index (χ2n) is 5.24. The number of methoxy groups -OCH3 is 1. The molecule has 118 valence electrons. The van der Waals surface area contributed by atoms with Crippen LogP contribution < -0.4 is 10.5 Å². The molecule has 1 aliphatic rings. The van der Waals surface area contributed by atoms with E-state index >= 15 is 0 Å². The van der Waals surface area contributed by atoms with Crippen LogP contribution in [0.1, 0.15) is 10.5 Å². The molecule has 1 aliphatic heterocycles. The number of morpholine rings is 1. The largest absolute Gasteiger partial charge is 0.496 e. The van der Waals surface area contributed by atoms with Gasteiger partial charge < -0.3 is 15.2 Å². The molecule has 0 radical (unpaired) electrons. The second kappa shape index (κ2) is 6.33. The highest BCUT2D eigenvalue weighted by Gasteiger charge is 2.19. The van der Waals surface area contributed by atoms with Crippen LogP contribution in [-0.2, 0) is 11.3 Å². The van der Waals surface area contributed by atoms with Crippen molar-refractivity contribution in [3.05, 3.63) is 23.9 Å². The quantitative estimate of drug-likeness (QED) is 0.868. The van der Waals surface area contributed by atoms with E-state index in [2.05, 4.69) is 10.00 Å². The van der Waals surface area contributed by atoms with Crippen LogP contribution in [-0.4, -0.2) is 60.5 Å². The van der Waals surface area contributed by atoms with Crippen molar-refractivity contribution in [1.82, 2.24) is 14.7 Å². The molecule has 1 aromatic carbocycles. The summed E-state index contributed by atoms with van der Waals surface area (Å²) in [5.41, 5.74) is 6.58. The summed E-state index contributed by atoms with van der Waals surface area (Å²) in [4.78, 5) is 14.0. The molecular weight excluding hydrogens is 284 g/mol. The third-order valence-electron chi connectivity index (χ3n) is 3.92. The number of carbonyl (C=O) groups excluding carboxylic acids is 1. The summed E-state index contributed by atoms with van der Waals surface area (Å²) in [5.74, 6) is 0.0727. The first-order valence-electron chi connectivity index (χ1n) is 7.34. The van der Waals surface area contributed by atoms with Crippen molar-refractivity contribution in [1.29, 1.82) is 0 Å². The molecule has 2 aromatic rings. The maximum Gasteiger partial charge on any atom is 0.269 e. The Kier molecular flexibility index (Phi) is 4.26. The van der Waals surface area contributed by atoms with Gasteiger partial charge in [-0.2, -0.15) is 5.10 Å². The number of nitrogens with two attached hydrogens (primary N) is 1. The molecule has 2 N–H and O–H groups in total. The van der Waals surface area contributed by atoms with Crippen molar-refractivity contribution in [2.75, 3.05) is 40.0 Å². The van der Waals surface area contributed by atoms with Crippen LogP contribution in [0.3, 0.4) is 0 Å². The number of nitrogens with zero attached hydrogens (tertiary/aromatic N) is 3. The molecule has 1 aromatic heterocycles. The van der Waals surface area contributed by atoms with E-state index in [9.17, 15) is 4.79 Å². The number of hydrogen-bond donors (Lipinski definition) is 1. The minimum atomic E-state index is -0.542. The number of amides is 1. The molecule has 0 saturated carbocycles. The number of ether oxygens (including phenoxy) is 2. The van der Waals surface area contributed by atoms with Gasteiger partial charge in [0.2, 0.25) is 0 Å². The van der Waals surface area contributed by atoms with Crippen LogP contribution >= 0.6 is 0 Å². The Morgan fingerprint density at radius 2 is 2.14 bits per heavy atom. The Hall–Kier alpha value is -2.12. The zero-order valence-electron chi connectivity index (χ0n) is 12.6. The van der Waals surface area contributed by atoms with Crippen LogP contribution in [0.5, 0.6) is 5.75 Å². The monoisotopic (exact) mass is 304 g/mol. The number of carbonyl (C=O) groups is 1. The molecule has 1 amide bonds. The maximum absolute atomic E-state index is 11.7. The van der Waals surface area contributed by atoms with Crippen LogP contribution in [0.4, 0.5) is 0 Å². The first-order chi connectivity index (χ1) is 10.7. The van der Waals surface area contributed by atoms with Gasteiger partial charge in [-0.15, -0.1) is 0 Å². The van der Waals surface area contributed by atoms with E-state index in [0.29, 0.717) is 17.7 Å². The van der Waals surface area contributed by atoms with E-state index in [-0.39, 0.29) is 5.69 Å². The Labute approximate surface area is 128 Å². The Balaban J connectivity index is 1.90. The standard InChI is InChI=1S/C15H20N4O3/c1-21-12-4-2-3-11-13(12)14(15(16)20)17-19(11)6-5-18-7-9-22-10-8-18/h2-4H,5-10H2,1H3,(H2,16,20). The highest BCUT2D eigenvalue weighted by atomic mass is 16.5. The van der Waals surface area contributed by atoms with Gasteiger partial charge in [0.05, 0.1) is 37.8 Å². The SMILES string of the molecule is COc1cccc2c1c(C(N)=O)nn2CCN1CCOCC1. The number of primary amides is 1. The van der Waals surface area contributed by atoms with Crippen molar-refractivity contribution in [3.63, 3.8) is 0 Å². The van der Waals surface area contributed by atoms with Crippen LogP contribution in [0.15, 0.2) is 18.2 Å². The van der Waals surface area contributed by atoms with E-state index in [0.717, 1.165) is 38.4 Å². The van der Waals surface area contributed by atoms with Crippen molar-refractivity contribution >= 4 is 16.8 Å². The molecule has 22 heavy (non-hydrogen) atoms. The van der Waals surface area contributed by atoms with Crippen molar-refractivity contribution in [3.8, 4) is 5.75 Å². The second-order valence-corrected chi connectivity index (χ2v) is 5.24. The maximum atomic E-state index is 11.7. The van der Waals surface area contributed by atoms with Gasteiger partial charge in [0.1, 0.15) is 5.75 Å². The van der Waals surface area contributed by atoms with E-state index in [1.165, 1.54) is 0 Å². The summed E-state index contributed by atoms with van der Waals surface area (Å²) in [6, 6.07) is 5.62. The third-order valence-corrected chi connectivity index (χ3v) is 3.92. The molecule has 0 bridgehead atoms. The third kappa shape index (κ3) is 2.77. The number of rotatable bonds is 5. The highest BCUT2D eigenvalue weighted by molar-refractivity contribution is 6.06. The Morgan fingerprint density at radius 1 is 1.36 bits per heavy atom. The normalized spacial score (nSPS) is 16.0. The molecule has 7 nitrogen and oxygen atoms in total. The van der Waals surface area contributed by atoms with Crippen LogP contribution in [0.25, 0.3) is 10.9 Å². The number of hydrogen-bond acceptors (Lipinski definition) is 5. The summed E-state index contributed by atoms with van der Waals surface area (Å²) in [6.45, 7) is 4.92. The molecular formula is C15H20N4O3. The van der Waals surface area contributed by atoms with Gasteiger partial charge >= 0.3 is 0 Å². The molecule has 7 heteroatoms. The topological polar surface area (TPSA) is 82.6 Å². The molecule has 0 aliphatic carbocycles. The Morgan fingerprint density at radius 3 is 2.82 bits per heavy atom. The molecule has 1 saturated heterocycles. The van der Waals surface area contributed by atoms with Gasteiger partial charge in [-0.25, -0.2) is 0 Å². The van der Waals surface area contributed by atoms with E-state index < -0.39 is 5.91 Å². The zero-order valence-corrected chi connectivity index (χ0v) is 12.6. The average Bonchev–Trinajstić information content (AvgIpc) is 2.93. The van der Waals surface area contributed by atoms with Crippen LogP contribution in [0.2, 0.25) is 0 Å². The highest BCUT2D eigenvalue weighted by Crippen LogP contribution is 2.28. The minimum absolute atomic E-state index is 0.259. The predicted molar refractivity (Wildman–Crippen MR) is 82.1 cm³/mol. The summed E-state index contributed by atoms with van der Waals surface area (Å²) in [6.07, 6.45) is 0. The van der Waals surface area contributed by atoms with Crippen molar-refractivity contribution < 1.29 is 14.3 Å². The summed E-state index contributed by atoms with van der Waals surface area (Å²) in [7, 11) is 1.57. The van der Waals surface area contributed by atoms with Gasteiger partial charge in [-0.3, -0.25) is 14.4 Å². The molecule has 0 spiro atoms. The smallest absolute Gasteiger partial charge is 0.269 e. The molecule has 2 heterocycles. The molecule has 0 unspecified atom stereocenters. The number of aromatic nitrogens is 2. The van der Waals surface area contributed by atoms with E-state index in [1.807, 2.05) is 22.9 Å². The summed E-state index contributed by atoms with van der Waals surface area (Å²) in [5, 5.41) is 5.07. The fourth-order valence-corrected chi connectivity index (χ4v) is 2.77. The fourth-order valence-electron chi connectivity index (χ4n) is 2.77. The molecule has 0 atom stereocenters. The zero-order chi connectivity index (χ0) is 15.5. The minimum Gasteiger partial charge on any atom is -0.496 e. The number of fused-ring (bicyclic) bond motifs is 1. The molecule has 1 fully saturated rings. The van der Waals surface area contributed by atoms with Gasteiger partial charge in [0, 0.05) is 19.6 Å². The lowest BCUT2D eigenvalue weighted by molar-refractivity contribution is 0.0361. The first kappa shape index (κ1) is 14.8. The fraction of sp³-hybridized carbons (Fsp3) is 0.467. The van der Waals surface area contributed by atoms with E-state index in [4.69, 9.17) is 15.2 Å². The Bertz CT molecular complexity index is 677. The molecule has 3 rings (SSSR count). The van der Waals surface area contributed by atoms with Crippen LogP contribution in [0, 0.1) is 0 Å². The lowest BCUT2D eigenvalue weighted by atomic mass is 10.2. The average molecular weight is 304 g/mol. The summed E-state index contributed by atoms with van der Waals surface area (Å²) < 4.78 is 12.5. The summed E-state index contributed by atoms with van der Waals surface area (Å²) >= 11 is 0. The van der Waals surface area contributed by atoms with Gasteiger partial charge in [-0.1, -0.05) is 6.07 Å². The van der Waals surface area contributed by atoms with Crippen molar-refractivity contribution in [2.24, 2.45) is 5.73 Å². The van der Waals surface area contributed by atoms with E-state index in [1.54, 1.807) is 7.11 Å². The van der Waals surface area contributed by atoms with Crippen molar-refractivity contribution in [2.45, 2.75) is 6.54 Å². The predicted octanol–water partition coefficient (Wildman–Crippen LogP) is 0.476. The lowest BCUT2D eigenvalue weighted by Gasteiger charge is -2.26. The van der Waals surface area contributed by atoms with Gasteiger partial charge in [0.25, 0.3) is 5.91 Å².